The summed E-state index contributed by atoms with van der Waals surface area (Å²) in [4.78, 5) is 31.9. The van der Waals surface area contributed by atoms with Crippen LogP contribution in [0.2, 0.25) is 0 Å². The van der Waals surface area contributed by atoms with Crippen molar-refractivity contribution in [1.82, 2.24) is 14.5 Å². The number of pyridine rings is 1. The van der Waals surface area contributed by atoms with Crippen molar-refractivity contribution in [2.24, 2.45) is 0 Å². The summed E-state index contributed by atoms with van der Waals surface area (Å²) in [5, 5.41) is 19.2. The molecule has 150 valence electrons. The summed E-state index contributed by atoms with van der Waals surface area (Å²) in [6.07, 6.45) is 3.50. The molecule has 2 aromatic rings. The van der Waals surface area contributed by atoms with Gasteiger partial charge in [0.15, 0.2) is 5.78 Å². The Morgan fingerprint density at radius 1 is 1.46 bits per heavy atom. The molecule has 0 amide bonds. The fourth-order valence-electron chi connectivity index (χ4n) is 2.98. The Labute approximate surface area is 161 Å². The van der Waals surface area contributed by atoms with Crippen LogP contribution in [0.25, 0.3) is 0 Å². The van der Waals surface area contributed by atoms with Gasteiger partial charge in [0, 0.05) is 42.6 Å². The van der Waals surface area contributed by atoms with Crippen molar-refractivity contribution in [3.05, 3.63) is 52.2 Å². The number of hydrogen-bond donors (Lipinski definition) is 2. The molecule has 3 heterocycles. The first kappa shape index (κ1) is 20.1. The highest BCUT2D eigenvalue weighted by Crippen LogP contribution is 2.30. The minimum absolute atomic E-state index is 0.0426. The first-order valence-corrected chi connectivity index (χ1v) is 9.09. The van der Waals surface area contributed by atoms with Crippen LogP contribution in [0.4, 0.5) is 0 Å². The molecule has 1 aliphatic heterocycles. The summed E-state index contributed by atoms with van der Waals surface area (Å²) in [6.45, 7) is 1.49. The highest BCUT2D eigenvalue weighted by molar-refractivity contribution is 5.95. The zero-order valence-corrected chi connectivity index (χ0v) is 15.5. The summed E-state index contributed by atoms with van der Waals surface area (Å²) in [5.74, 6) is -0.0426. The first-order valence-electron chi connectivity index (χ1n) is 9.09. The lowest BCUT2D eigenvalue weighted by Gasteiger charge is -2.19. The molecule has 0 aromatic carbocycles. The minimum atomic E-state index is -0.820. The number of aliphatic hydroxyl groups excluding tert-OH is 2. The molecule has 0 aliphatic carbocycles. The summed E-state index contributed by atoms with van der Waals surface area (Å²) in [7, 11) is 0. The van der Waals surface area contributed by atoms with E-state index in [0.717, 1.165) is 0 Å². The highest BCUT2D eigenvalue weighted by Gasteiger charge is 2.35. The average molecular weight is 389 g/mol. The number of carbonyl (C=O) groups is 1. The quantitative estimate of drug-likeness (QED) is 0.498. The SMILES string of the molecule is Cc1cn([C@H]2C[C@H](O)[C@@H](CO)O2)c(OCCCC(=O)c2cccnc2)nc1=O. The number of nitrogens with zero attached hydrogens (tertiary/aromatic N) is 3. The Hall–Kier alpha value is -2.62. The molecule has 28 heavy (non-hydrogen) atoms. The van der Waals surface area contributed by atoms with Crippen molar-refractivity contribution < 1.29 is 24.5 Å². The van der Waals surface area contributed by atoms with Crippen molar-refractivity contribution in [2.45, 2.75) is 44.6 Å². The minimum Gasteiger partial charge on any atom is -0.465 e. The Kier molecular flexibility index (Phi) is 6.50. The van der Waals surface area contributed by atoms with Crippen molar-refractivity contribution in [3.8, 4) is 6.01 Å². The largest absolute Gasteiger partial charge is 0.465 e. The summed E-state index contributed by atoms with van der Waals surface area (Å²) in [6, 6.07) is 3.46. The fourth-order valence-corrected chi connectivity index (χ4v) is 2.98. The smallest absolute Gasteiger partial charge is 0.301 e. The number of Topliss-reactive ketones (excluding diaryl/α,β-unsaturated/α-hetero) is 1. The maximum absolute atomic E-state index is 12.1. The van der Waals surface area contributed by atoms with Crippen LogP contribution in [0.3, 0.4) is 0 Å². The summed E-state index contributed by atoms with van der Waals surface area (Å²) in [5.41, 5.74) is 0.524. The number of ketones is 1. The lowest BCUT2D eigenvalue weighted by molar-refractivity contribution is -0.0474. The van der Waals surface area contributed by atoms with Crippen molar-refractivity contribution in [3.63, 3.8) is 0 Å². The van der Waals surface area contributed by atoms with Crippen LogP contribution in [0.5, 0.6) is 6.01 Å². The average Bonchev–Trinajstić information content (AvgIpc) is 3.08. The summed E-state index contributed by atoms with van der Waals surface area (Å²) >= 11 is 0. The number of rotatable bonds is 8. The second-order valence-electron chi connectivity index (χ2n) is 6.65. The second-order valence-corrected chi connectivity index (χ2v) is 6.65. The van der Waals surface area contributed by atoms with Crippen molar-refractivity contribution in [2.75, 3.05) is 13.2 Å². The van der Waals surface area contributed by atoms with Crippen LogP contribution in [-0.4, -0.2) is 56.0 Å². The molecule has 0 saturated carbocycles. The van der Waals surface area contributed by atoms with E-state index in [1.807, 2.05) is 0 Å². The third-order valence-corrected chi connectivity index (χ3v) is 4.55. The molecular formula is C19H23N3O6. The Balaban J connectivity index is 1.64. The van der Waals surface area contributed by atoms with Gasteiger partial charge in [0.2, 0.25) is 0 Å². The van der Waals surface area contributed by atoms with Gasteiger partial charge in [0.05, 0.1) is 19.3 Å². The van der Waals surface area contributed by atoms with E-state index in [4.69, 9.17) is 9.47 Å². The number of aliphatic hydroxyl groups is 2. The van der Waals surface area contributed by atoms with Gasteiger partial charge >= 0.3 is 6.01 Å². The van der Waals surface area contributed by atoms with Crippen LogP contribution in [-0.2, 0) is 4.74 Å². The van der Waals surface area contributed by atoms with Crippen molar-refractivity contribution >= 4 is 5.78 Å². The monoisotopic (exact) mass is 389 g/mol. The van der Waals surface area contributed by atoms with E-state index in [1.54, 1.807) is 36.0 Å². The molecule has 3 atom stereocenters. The first-order chi connectivity index (χ1) is 13.5. The molecule has 9 nitrogen and oxygen atoms in total. The standard InChI is InChI=1S/C19H23N3O6/c1-12-10-22(17-8-15(25)16(11-23)28-17)19(21-18(12)26)27-7-3-5-14(24)13-4-2-6-20-9-13/h2,4,6,9-10,15-17,23,25H,3,5,7-8,11H2,1H3/t15-,16+,17+/m0/s1. The number of aryl methyl sites for hydroxylation is 1. The molecule has 0 radical (unpaired) electrons. The zero-order valence-electron chi connectivity index (χ0n) is 15.5. The normalized spacial score (nSPS) is 21.6. The second kappa shape index (κ2) is 9.05. The number of hydrogen-bond acceptors (Lipinski definition) is 8. The molecule has 2 aromatic heterocycles. The molecule has 0 spiro atoms. The molecule has 2 N–H and O–H groups in total. The predicted molar refractivity (Wildman–Crippen MR) is 98.2 cm³/mol. The van der Waals surface area contributed by atoms with E-state index in [2.05, 4.69) is 9.97 Å². The number of aromatic nitrogens is 3. The van der Waals surface area contributed by atoms with Crippen LogP contribution in [0.1, 0.15) is 41.4 Å². The van der Waals surface area contributed by atoms with Crippen molar-refractivity contribution in [1.29, 1.82) is 0 Å². The third kappa shape index (κ3) is 4.61. The molecule has 0 unspecified atom stereocenters. The maximum atomic E-state index is 12.1. The molecule has 1 fully saturated rings. The summed E-state index contributed by atoms with van der Waals surface area (Å²) < 4.78 is 12.8. The van der Waals surface area contributed by atoms with Gasteiger partial charge in [0.1, 0.15) is 12.3 Å². The number of ether oxygens (including phenoxy) is 2. The molecule has 3 rings (SSSR count). The predicted octanol–water partition coefficient (Wildman–Crippen LogP) is 0.629. The van der Waals surface area contributed by atoms with E-state index in [1.165, 1.54) is 6.20 Å². The van der Waals surface area contributed by atoms with E-state index in [-0.39, 0.29) is 37.8 Å². The molecule has 1 aliphatic rings. The van der Waals surface area contributed by atoms with Crippen LogP contribution in [0.15, 0.2) is 35.5 Å². The van der Waals surface area contributed by atoms with Crippen LogP contribution in [0, 0.1) is 6.92 Å². The Morgan fingerprint density at radius 2 is 2.29 bits per heavy atom. The third-order valence-electron chi connectivity index (χ3n) is 4.55. The van der Waals surface area contributed by atoms with Gasteiger partial charge in [0.25, 0.3) is 5.56 Å². The maximum Gasteiger partial charge on any atom is 0.301 e. The molecule has 0 bridgehead atoms. The Morgan fingerprint density at radius 3 is 2.96 bits per heavy atom. The van der Waals surface area contributed by atoms with Crippen LogP contribution < -0.4 is 10.3 Å². The lowest BCUT2D eigenvalue weighted by Crippen LogP contribution is -2.24. The lowest BCUT2D eigenvalue weighted by atomic mass is 10.1. The number of carbonyl (C=O) groups excluding carboxylic acids is 1. The van der Waals surface area contributed by atoms with Gasteiger partial charge in [-0.05, 0) is 25.5 Å². The van der Waals surface area contributed by atoms with E-state index in [0.29, 0.717) is 17.5 Å². The van der Waals surface area contributed by atoms with E-state index < -0.39 is 24.0 Å². The van der Waals surface area contributed by atoms with Crippen LogP contribution >= 0.6 is 0 Å². The molecule has 9 heteroatoms. The molecular weight excluding hydrogens is 366 g/mol. The zero-order chi connectivity index (χ0) is 20.1. The van der Waals surface area contributed by atoms with Gasteiger partial charge in [-0.25, -0.2) is 0 Å². The van der Waals surface area contributed by atoms with E-state index >= 15 is 0 Å². The fraction of sp³-hybridized carbons (Fsp3) is 0.474. The van der Waals surface area contributed by atoms with Gasteiger partial charge in [-0.3, -0.25) is 19.1 Å². The van der Waals surface area contributed by atoms with Gasteiger partial charge < -0.3 is 19.7 Å². The molecule has 1 saturated heterocycles. The highest BCUT2D eigenvalue weighted by atomic mass is 16.6. The van der Waals surface area contributed by atoms with Gasteiger partial charge in [-0.2, -0.15) is 4.98 Å². The Bertz CT molecular complexity index is 870. The topological polar surface area (TPSA) is 124 Å². The van der Waals surface area contributed by atoms with E-state index in [9.17, 15) is 19.8 Å². The van der Waals surface area contributed by atoms with Gasteiger partial charge in [-0.1, -0.05) is 0 Å². The van der Waals surface area contributed by atoms with Gasteiger partial charge in [-0.15, -0.1) is 0 Å².